The lowest BCUT2D eigenvalue weighted by atomic mass is 10.1. The van der Waals surface area contributed by atoms with Gasteiger partial charge >= 0.3 is 19.8 Å². The number of benzene rings is 2. The molecule has 1 aliphatic heterocycles. The van der Waals surface area contributed by atoms with Crippen LogP contribution in [0.5, 0.6) is 5.75 Å². The van der Waals surface area contributed by atoms with E-state index in [2.05, 4.69) is 10.1 Å². The number of aromatic nitrogens is 2. The standard InChI is InChI=1S/C26H31N4O8P/c1-17(25(31)36-19-9-3-4-10-19)29-39(33,38-21-12-6-8-18-7-2-5-11-20(18)21)35-16-24-34-15-23(37-24)30-14-13-22(27)28-26(30)32/h2,5-8,11-14,17,19,23-24,29,33H,3-4,9-10,15-16H2,1H3,(H-,27,28,32)/p+1/t17-,23?,24?,39?/m0/s1. The summed E-state index contributed by atoms with van der Waals surface area (Å²) in [5, 5.41) is 4.48. The number of nitrogens with two attached hydrogens (primary N) is 1. The van der Waals surface area contributed by atoms with Gasteiger partial charge in [-0.25, -0.2) is 4.79 Å². The van der Waals surface area contributed by atoms with Crippen LogP contribution in [0.25, 0.3) is 10.8 Å². The Kier molecular flexibility index (Phi) is 8.41. The molecule has 3 unspecified atom stereocenters. The second-order valence-corrected chi connectivity index (χ2v) is 11.2. The minimum Gasteiger partial charge on any atom is -0.461 e. The Labute approximate surface area is 225 Å². The maximum absolute atomic E-state index is 12.8. The van der Waals surface area contributed by atoms with Gasteiger partial charge in [-0.05, 0) is 50.1 Å². The van der Waals surface area contributed by atoms with Gasteiger partial charge in [0.2, 0.25) is 0 Å². The Morgan fingerprint density at radius 1 is 1.23 bits per heavy atom. The van der Waals surface area contributed by atoms with Gasteiger partial charge < -0.3 is 19.9 Å². The van der Waals surface area contributed by atoms with Gasteiger partial charge in [-0.15, -0.1) is 0 Å². The highest BCUT2D eigenvalue weighted by Crippen LogP contribution is 2.54. The van der Waals surface area contributed by atoms with Crippen molar-refractivity contribution in [3.8, 4) is 5.75 Å². The lowest BCUT2D eigenvalue weighted by molar-refractivity contribution is -0.150. The molecule has 2 aliphatic rings. The van der Waals surface area contributed by atoms with Gasteiger partial charge in [0.05, 0.1) is 6.61 Å². The van der Waals surface area contributed by atoms with Crippen molar-refractivity contribution in [2.24, 2.45) is 0 Å². The molecule has 4 atom stereocenters. The molecule has 2 heterocycles. The molecule has 0 bridgehead atoms. The van der Waals surface area contributed by atoms with Gasteiger partial charge in [0.15, 0.2) is 24.9 Å². The van der Waals surface area contributed by atoms with Crippen LogP contribution in [0.1, 0.15) is 38.8 Å². The molecule has 2 fully saturated rings. The third kappa shape index (κ3) is 6.73. The summed E-state index contributed by atoms with van der Waals surface area (Å²) >= 11 is 0. The first-order chi connectivity index (χ1) is 18.8. The van der Waals surface area contributed by atoms with Crippen molar-refractivity contribution in [2.45, 2.75) is 57.3 Å². The average molecular weight is 560 g/mol. The average Bonchev–Trinajstić information content (AvgIpc) is 3.60. The first-order valence-corrected chi connectivity index (χ1v) is 14.4. The fourth-order valence-corrected chi connectivity index (χ4v) is 6.08. The van der Waals surface area contributed by atoms with Crippen molar-refractivity contribution in [3.63, 3.8) is 0 Å². The monoisotopic (exact) mass is 559 g/mol. The maximum Gasteiger partial charge on any atom is 0.544 e. The van der Waals surface area contributed by atoms with E-state index in [9.17, 15) is 14.5 Å². The molecule has 12 nitrogen and oxygen atoms in total. The van der Waals surface area contributed by atoms with Crippen molar-refractivity contribution in [1.82, 2.24) is 14.6 Å². The number of nitrogen functional groups attached to an aromatic ring is 1. The number of ether oxygens (including phenoxy) is 3. The van der Waals surface area contributed by atoms with E-state index >= 15 is 0 Å². The van der Waals surface area contributed by atoms with Gasteiger partial charge in [-0.3, -0.25) is 13.9 Å². The zero-order chi connectivity index (χ0) is 27.4. The molecule has 0 spiro atoms. The third-order valence-electron chi connectivity index (χ3n) is 6.55. The summed E-state index contributed by atoms with van der Waals surface area (Å²) < 4.78 is 30.2. The van der Waals surface area contributed by atoms with E-state index in [1.165, 1.54) is 16.8 Å². The van der Waals surface area contributed by atoms with Gasteiger partial charge in [-0.1, -0.05) is 41.5 Å². The molecular formula is C26H32N4O8P+. The normalized spacial score (nSPS) is 22.0. The largest absolute Gasteiger partial charge is 0.544 e. The van der Waals surface area contributed by atoms with E-state index in [1.54, 1.807) is 19.1 Å². The van der Waals surface area contributed by atoms with Crippen LogP contribution in [0.3, 0.4) is 0 Å². The zero-order valence-corrected chi connectivity index (χ0v) is 22.4. The maximum atomic E-state index is 12.8. The fraction of sp³-hybridized carbons (Fsp3) is 0.423. The van der Waals surface area contributed by atoms with Crippen LogP contribution < -0.4 is 21.0 Å². The topological polar surface area (TPSA) is 156 Å². The highest BCUT2D eigenvalue weighted by atomic mass is 31.2. The number of fused-ring (bicyclic) bond motifs is 1. The molecule has 3 aromatic rings. The summed E-state index contributed by atoms with van der Waals surface area (Å²) in [5.41, 5.74) is 4.98. The molecule has 0 amide bonds. The van der Waals surface area contributed by atoms with Crippen LogP contribution in [-0.4, -0.2) is 52.1 Å². The molecule has 1 aliphatic carbocycles. The van der Waals surface area contributed by atoms with E-state index in [-0.39, 0.29) is 25.1 Å². The fourth-order valence-electron chi connectivity index (χ4n) is 4.55. The van der Waals surface area contributed by atoms with Crippen LogP contribution in [0, 0.1) is 0 Å². The van der Waals surface area contributed by atoms with Crippen LogP contribution in [-0.2, 0) is 23.5 Å². The quantitative estimate of drug-likeness (QED) is 0.248. The Bertz CT molecular complexity index is 1360. The number of hydrogen-bond acceptors (Lipinski definition) is 11. The van der Waals surface area contributed by atoms with Crippen molar-refractivity contribution in [3.05, 3.63) is 65.2 Å². The Morgan fingerprint density at radius 3 is 2.79 bits per heavy atom. The summed E-state index contributed by atoms with van der Waals surface area (Å²) in [5.74, 6) is -0.0327. The molecule has 39 heavy (non-hydrogen) atoms. The summed E-state index contributed by atoms with van der Waals surface area (Å²) in [7, 11) is -3.92. The third-order valence-corrected chi connectivity index (χ3v) is 8.20. The van der Waals surface area contributed by atoms with Crippen LogP contribution in [0.15, 0.2) is 59.5 Å². The molecule has 2 aromatic carbocycles. The first kappa shape index (κ1) is 27.4. The van der Waals surface area contributed by atoms with Crippen LogP contribution >= 0.6 is 8.09 Å². The molecule has 1 saturated heterocycles. The smallest absolute Gasteiger partial charge is 0.461 e. The van der Waals surface area contributed by atoms with Crippen molar-refractivity contribution in [1.29, 1.82) is 0 Å². The van der Waals surface area contributed by atoms with E-state index in [0.717, 1.165) is 36.5 Å². The molecule has 0 radical (unpaired) electrons. The number of anilines is 1. The number of nitrogens with zero attached hydrogens (tertiary/aromatic N) is 2. The van der Waals surface area contributed by atoms with Crippen molar-refractivity contribution >= 4 is 30.7 Å². The Morgan fingerprint density at radius 2 is 2.00 bits per heavy atom. The summed E-state index contributed by atoms with van der Waals surface area (Å²) in [4.78, 5) is 40.2. The number of carbonyl (C=O) groups excluding carboxylic acids is 1. The molecule has 13 heteroatoms. The van der Waals surface area contributed by atoms with E-state index in [1.807, 2.05) is 30.3 Å². The number of esters is 1. The Balaban J connectivity index is 1.30. The highest BCUT2D eigenvalue weighted by molar-refractivity contribution is 7.59. The highest BCUT2D eigenvalue weighted by Gasteiger charge is 2.49. The second-order valence-electron chi connectivity index (χ2n) is 9.47. The predicted molar refractivity (Wildman–Crippen MR) is 143 cm³/mol. The van der Waals surface area contributed by atoms with Crippen molar-refractivity contribution in [2.75, 3.05) is 18.9 Å². The lowest BCUT2D eigenvalue weighted by Crippen LogP contribution is -2.39. The molecule has 4 N–H and O–H groups in total. The van der Waals surface area contributed by atoms with E-state index in [0.29, 0.717) is 5.75 Å². The van der Waals surface area contributed by atoms with Crippen molar-refractivity contribution < 1.29 is 32.9 Å². The van der Waals surface area contributed by atoms with Crippen LogP contribution in [0.4, 0.5) is 5.82 Å². The summed E-state index contributed by atoms with van der Waals surface area (Å²) in [6, 6.07) is 13.5. The summed E-state index contributed by atoms with van der Waals surface area (Å²) in [6.45, 7) is 1.38. The molecular weight excluding hydrogens is 527 g/mol. The SMILES string of the molecule is C[C@H](N[P+](O)(OCC1OCC(n2ccc(N)nc2=O)O1)Oc1cccc2ccccc12)C(=O)OC1CCCC1. The molecule has 1 aromatic heterocycles. The number of hydrogen-bond donors (Lipinski definition) is 3. The first-order valence-electron chi connectivity index (χ1n) is 12.8. The zero-order valence-electron chi connectivity index (χ0n) is 21.5. The number of rotatable bonds is 10. The van der Waals surface area contributed by atoms with Crippen LogP contribution in [0.2, 0.25) is 0 Å². The van der Waals surface area contributed by atoms with Gasteiger partial charge in [0.25, 0.3) is 0 Å². The second kappa shape index (κ2) is 12.0. The predicted octanol–water partition coefficient (Wildman–Crippen LogP) is 3.08. The van der Waals surface area contributed by atoms with E-state index in [4.69, 9.17) is 29.0 Å². The number of carbonyl (C=O) groups is 1. The van der Waals surface area contributed by atoms with E-state index < -0.39 is 38.3 Å². The summed E-state index contributed by atoms with van der Waals surface area (Å²) in [6.07, 6.45) is 3.35. The molecule has 1 saturated carbocycles. The van der Waals surface area contributed by atoms with Gasteiger partial charge in [0.1, 0.15) is 18.0 Å². The number of nitrogens with one attached hydrogen (secondary N) is 1. The van der Waals surface area contributed by atoms with Gasteiger partial charge in [-0.2, -0.15) is 14.4 Å². The van der Waals surface area contributed by atoms with Gasteiger partial charge in [0, 0.05) is 11.6 Å². The minimum atomic E-state index is -3.92. The molecule has 5 rings (SSSR count). The Hall–Kier alpha value is -3.12. The minimum absolute atomic E-state index is 0.0537. The lowest BCUT2D eigenvalue weighted by Gasteiger charge is -2.22. The molecule has 208 valence electrons.